The van der Waals surface area contributed by atoms with E-state index in [0.29, 0.717) is 38.0 Å². The van der Waals surface area contributed by atoms with Gasteiger partial charge in [0.1, 0.15) is 6.10 Å². The Morgan fingerprint density at radius 2 is 1.96 bits per heavy atom. The van der Waals surface area contributed by atoms with E-state index in [4.69, 9.17) is 4.74 Å². The highest BCUT2D eigenvalue weighted by Gasteiger charge is 2.37. The fraction of sp³-hybridized carbons (Fsp3) is 0.667. The van der Waals surface area contributed by atoms with Gasteiger partial charge in [-0.25, -0.2) is 9.97 Å². The van der Waals surface area contributed by atoms with Crippen LogP contribution in [0.5, 0.6) is 6.01 Å². The van der Waals surface area contributed by atoms with Gasteiger partial charge in [-0.1, -0.05) is 13.8 Å². The number of amides is 2. The molecule has 2 saturated heterocycles. The minimum atomic E-state index is -0.193. The third-order valence-electron chi connectivity index (χ3n) is 4.72. The van der Waals surface area contributed by atoms with Gasteiger partial charge >= 0.3 is 6.01 Å². The van der Waals surface area contributed by atoms with E-state index < -0.39 is 0 Å². The first-order valence-corrected chi connectivity index (χ1v) is 9.03. The lowest BCUT2D eigenvalue weighted by molar-refractivity contribution is -0.137. The molecule has 3 rings (SSSR count). The van der Waals surface area contributed by atoms with Gasteiger partial charge in [-0.15, -0.1) is 0 Å². The molecule has 1 atom stereocenters. The average molecular weight is 346 g/mol. The Balaban J connectivity index is 1.48. The summed E-state index contributed by atoms with van der Waals surface area (Å²) in [6, 6.07) is 2.14. The highest BCUT2D eigenvalue weighted by Crippen LogP contribution is 2.24. The molecule has 2 fully saturated rings. The lowest BCUT2D eigenvalue weighted by atomic mass is 10.0. The number of carbonyl (C=O) groups excluding carboxylic acids is 2. The van der Waals surface area contributed by atoms with Gasteiger partial charge in [0.15, 0.2) is 0 Å². The summed E-state index contributed by atoms with van der Waals surface area (Å²) in [6.07, 6.45) is 5.22. The number of aromatic nitrogens is 2. The maximum absolute atomic E-state index is 12.7. The van der Waals surface area contributed by atoms with Crippen LogP contribution in [0, 0.1) is 11.8 Å². The number of nitrogens with zero attached hydrogens (tertiary/aromatic N) is 4. The molecular formula is C18H26N4O3. The molecule has 2 aliphatic rings. The Morgan fingerprint density at radius 1 is 1.28 bits per heavy atom. The summed E-state index contributed by atoms with van der Waals surface area (Å²) in [5.41, 5.74) is 0. The van der Waals surface area contributed by atoms with Gasteiger partial charge in [-0.05, 0) is 12.0 Å². The van der Waals surface area contributed by atoms with E-state index in [0.717, 1.165) is 19.4 Å². The van der Waals surface area contributed by atoms with E-state index in [2.05, 4.69) is 23.8 Å². The molecule has 0 N–H and O–H groups in total. The van der Waals surface area contributed by atoms with Gasteiger partial charge in [0.05, 0.1) is 5.92 Å². The minimum absolute atomic E-state index is 0.0362. The van der Waals surface area contributed by atoms with Crippen LogP contribution in [0.2, 0.25) is 0 Å². The monoisotopic (exact) mass is 346 g/mol. The summed E-state index contributed by atoms with van der Waals surface area (Å²) in [6.45, 7) is 6.78. The predicted molar refractivity (Wildman–Crippen MR) is 91.8 cm³/mol. The summed E-state index contributed by atoms with van der Waals surface area (Å²) in [5, 5.41) is 0. The number of piperidine rings is 1. The maximum Gasteiger partial charge on any atom is 0.316 e. The van der Waals surface area contributed by atoms with Crippen molar-refractivity contribution in [1.29, 1.82) is 0 Å². The number of hydrogen-bond donors (Lipinski definition) is 0. The Kier molecular flexibility index (Phi) is 5.50. The molecule has 1 aromatic rings. The molecule has 7 heteroatoms. The fourth-order valence-corrected chi connectivity index (χ4v) is 3.50. The molecule has 25 heavy (non-hydrogen) atoms. The summed E-state index contributed by atoms with van der Waals surface area (Å²) >= 11 is 0. The van der Waals surface area contributed by atoms with E-state index in [1.807, 2.05) is 9.80 Å². The largest absolute Gasteiger partial charge is 0.460 e. The second-order valence-corrected chi connectivity index (χ2v) is 7.27. The van der Waals surface area contributed by atoms with Crippen molar-refractivity contribution >= 4 is 11.8 Å². The summed E-state index contributed by atoms with van der Waals surface area (Å²) in [4.78, 5) is 36.7. The molecule has 0 spiro atoms. The van der Waals surface area contributed by atoms with Crippen molar-refractivity contribution in [1.82, 2.24) is 19.8 Å². The summed E-state index contributed by atoms with van der Waals surface area (Å²) in [7, 11) is 0. The highest BCUT2D eigenvalue weighted by molar-refractivity contribution is 5.89. The van der Waals surface area contributed by atoms with Crippen molar-refractivity contribution in [2.75, 3.05) is 26.2 Å². The van der Waals surface area contributed by atoms with Crippen LogP contribution in [0.4, 0.5) is 0 Å². The topological polar surface area (TPSA) is 75.6 Å². The van der Waals surface area contributed by atoms with Crippen LogP contribution in [0.15, 0.2) is 18.5 Å². The SMILES string of the molecule is CC(C)CN1C[C@@H](C(=O)N2CCC(Oc3ncccn3)CC2)CC1=O. The van der Waals surface area contributed by atoms with Crippen LogP contribution in [0.25, 0.3) is 0 Å². The second kappa shape index (κ2) is 7.80. The lowest BCUT2D eigenvalue weighted by Crippen LogP contribution is -2.45. The van der Waals surface area contributed by atoms with Crippen LogP contribution in [-0.4, -0.2) is 63.9 Å². The smallest absolute Gasteiger partial charge is 0.316 e. The Hall–Kier alpha value is -2.18. The van der Waals surface area contributed by atoms with Crippen molar-refractivity contribution in [2.45, 2.75) is 39.2 Å². The number of ether oxygens (including phenoxy) is 1. The molecule has 2 amide bonds. The van der Waals surface area contributed by atoms with Crippen LogP contribution in [-0.2, 0) is 9.59 Å². The van der Waals surface area contributed by atoms with Gasteiger partial charge < -0.3 is 14.5 Å². The standard InChI is InChI=1S/C18H26N4O3/c1-13(2)11-22-12-14(10-16(22)23)17(24)21-8-4-15(5-9-21)25-18-19-6-3-7-20-18/h3,6-7,13-15H,4-5,8-12H2,1-2H3/t14-/m0/s1. The van der Waals surface area contributed by atoms with Crippen molar-refractivity contribution in [3.63, 3.8) is 0 Å². The lowest BCUT2D eigenvalue weighted by Gasteiger charge is -2.33. The Morgan fingerprint density at radius 3 is 2.60 bits per heavy atom. The van der Waals surface area contributed by atoms with Crippen molar-refractivity contribution < 1.29 is 14.3 Å². The van der Waals surface area contributed by atoms with Crippen LogP contribution in [0.3, 0.4) is 0 Å². The van der Waals surface area contributed by atoms with E-state index in [1.54, 1.807) is 18.5 Å². The molecule has 136 valence electrons. The van der Waals surface area contributed by atoms with Gasteiger partial charge in [0.25, 0.3) is 0 Å². The zero-order valence-electron chi connectivity index (χ0n) is 14.9. The minimum Gasteiger partial charge on any atom is -0.460 e. The van der Waals surface area contributed by atoms with Gasteiger partial charge in [-0.2, -0.15) is 0 Å². The highest BCUT2D eigenvalue weighted by atomic mass is 16.5. The number of carbonyl (C=O) groups is 2. The Bertz CT molecular complexity index is 600. The first kappa shape index (κ1) is 17.6. The third kappa shape index (κ3) is 4.46. The van der Waals surface area contributed by atoms with Gasteiger partial charge in [0.2, 0.25) is 11.8 Å². The number of hydrogen-bond acceptors (Lipinski definition) is 5. The normalized spacial score (nSPS) is 21.9. The van der Waals surface area contributed by atoms with Gasteiger partial charge in [-0.3, -0.25) is 9.59 Å². The van der Waals surface area contributed by atoms with Crippen LogP contribution in [0.1, 0.15) is 33.1 Å². The molecule has 1 aromatic heterocycles. The molecule has 3 heterocycles. The molecule has 0 bridgehead atoms. The molecule has 0 unspecified atom stereocenters. The molecule has 7 nitrogen and oxygen atoms in total. The van der Waals surface area contributed by atoms with Gasteiger partial charge in [0, 0.05) is 57.8 Å². The molecular weight excluding hydrogens is 320 g/mol. The third-order valence-corrected chi connectivity index (χ3v) is 4.72. The zero-order chi connectivity index (χ0) is 17.8. The number of rotatable bonds is 5. The first-order valence-electron chi connectivity index (χ1n) is 9.03. The quantitative estimate of drug-likeness (QED) is 0.804. The first-order chi connectivity index (χ1) is 12.0. The summed E-state index contributed by atoms with van der Waals surface area (Å²) in [5.74, 6) is 0.438. The fourth-order valence-electron chi connectivity index (χ4n) is 3.50. The van der Waals surface area contributed by atoms with Crippen molar-refractivity contribution in [3.8, 4) is 6.01 Å². The van der Waals surface area contributed by atoms with E-state index in [9.17, 15) is 9.59 Å². The van der Waals surface area contributed by atoms with Crippen molar-refractivity contribution in [2.24, 2.45) is 11.8 Å². The van der Waals surface area contributed by atoms with Crippen LogP contribution < -0.4 is 4.74 Å². The zero-order valence-corrected chi connectivity index (χ0v) is 14.9. The predicted octanol–water partition coefficient (Wildman–Crippen LogP) is 1.35. The van der Waals surface area contributed by atoms with E-state index >= 15 is 0 Å². The summed E-state index contributed by atoms with van der Waals surface area (Å²) < 4.78 is 5.76. The molecule has 0 saturated carbocycles. The van der Waals surface area contributed by atoms with E-state index in [1.165, 1.54) is 0 Å². The second-order valence-electron chi connectivity index (χ2n) is 7.27. The molecule has 0 aromatic carbocycles. The maximum atomic E-state index is 12.7. The van der Waals surface area contributed by atoms with Crippen molar-refractivity contribution in [3.05, 3.63) is 18.5 Å². The molecule has 0 aliphatic carbocycles. The molecule has 0 radical (unpaired) electrons. The Labute approximate surface area is 148 Å². The number of likely N-dealkylation sites (tertiary alicyclic amines) is 2. The molecule has 2 aliphatic heterocycles. The van der Waals surface area contributed by atoms with E-state index in [-0.39, 0.29) is 23.8 Å². The van der Waals surface area contributed by atoms with Crippen LogP contribution >= 0.6 is 0 Å². The average Bonchev–Trinajstić information content (AvgIpc) is 2.96.